The Morgan fingerprint density at radius 2 is 2.05 bits per heavy atom. The number of rotatable bonds is 5. The monoisotopic (exact) mass is 285 g/mol. The fourth-order valence-electron chi connectivity index (χ4n) is 2.28. The molecule has 4 nitrogen and oxygen atoms in total. The highest BCUT2D eigenvalue weighted by Crippen LogP contribution is 2.23. The third kappa shape index (κ3) is 3.21. The molecule has 0 bridgehead atoms. The molecule has 0 spiro atoms. The van der Waals surface area contributed by atoms with Gasteiger partial charge in [0.15, 0.2) is 6.10 Å². The number of benzene rings is 1. The van der Waals surface area contributed by atoms with Gasteiger partial charge in [-0.15, -0.1) is 0 Å². The minimum Gasteiger partial charge on any atom is -0.451 e. The van der Waals surface area contributed by atoms with Gasteiger partial charge in [-0.2, -0.15) is 0 Å². The Kier molecular flexibility index (Phi) is 4.58. The number of carbonyl (C=O) groups excluding carboxylic acids is 2. The first-order valence-electron chi connectivity index (χ1n) is 7.03. The predicted octanol–water partition coefficient (Wildman–Crippen LogP) is 3.56. The molecule has 0 aliphatic heterocycles. The molecule has 0 aliphatic rings. The van der Waals surface area contributed by atoms with Gasteiger partial charge in [0.1, 0.15) is 0 Å². The first-order valence-corrected chi connectivity index (χ1v) is 7.03. The fraction of sp³-hybridized carbons (Fsp3) is 0.294. The van der Waals surface area contributed by atoms with Crippen LogP contribution in [-0.4, -0.2) is 22.8 Å². The van der Waals surface area contributed by atoms with Crippen LogP contribution in [0.4, 0.5) is 0 Å². The summed E-state index contributed by atoms with van der Waals surface area (Å²) in [6, 6.07) is 7.59. The molecule has 0 unspecified atom stereocenters. The summed E-state index contributed by atoms with van der Waals surface area (Å²) in [6.07, 6.45) is 3.00. The molecule has 2 aromatic rings. The Labute approximate surface area is 123 Å². The Hall–Kier alpha value is -2.36. The molecule has 0 fully saturated rings. The summed E-state index contributed by atoms with van der Waals surface area (Å²) in [7, 11) is 0. The molecule has 0 saturated carbocycles. The zero-order valence-corrected chi connectivity index (χ0v) is 12.5. The van der Waals surface area contributed by atoms with Crippen molar-refractivity contribution in [3.05, 3.63) is 47.7 Å². The molecule has 1 aromatic heterocycles. The number of hydrogen-bond acceptors (Lipinski definition) is 3. The van der Waals surface area contributed by atoms with E-state index in [2.05, 4.69) is 4.98 Å². The van der Waals surface area contributed by atoms with Gasteiger partial charge >= 0.3 is 5.97 Å². The highest BCUT2D eigenvalue weighted by Gasteiger charge is 2.23. The van der Waals surface area contributed by atoms with Crippen molar-refractivity contribution in [1.82, 2.24) is 4.98 Å². The Balaban J connectivity index is 2.24. The van der Waals surface area contributed by atoms with Gasteiger partial charge in [-0.1, -0.05) is 31.2 Å². The van der Waals surface area contributed by atoms with Crippen molar-refractivity contribution >= 4 is 22.7 Å². The summed E-state index contributed by atoms with van der Waals surface area (Å²) >= 11 is 0. The van der Waals surface area contributed by atoms with Crippen molar-refractivity contribution in [2.45, 2.75) is 33.3 Å². The molecular formula is C17H19NO3. The second-order valence-corrected chi connectivity index (χ2v) is 4.92. The molecule has 4 heteroatoms. The zero-order chi connectivity index (χ0) is 15.4. The number of hydrogen-bond donors (Lipinski definition) is 1. The van der Waals surface area contributed by atoms with Crippen LogP contribution in [0.1, 0.15) is 36.3 Å². The molecule has 1 atom stereocenters. The van der Waals surface area contributed by atoms with Crippen LogP contribution in [0.3, 0.4) is 0 Å². The molecule has 0 aliphatic carbocycles. The average molecular weight is 285 g/mol. The van der Waals surface area contributed by atoms with Gasteiger partial charge in [-0.3, -0.25) is 4.79 Å². The lowest BCUT2D eigenvalue weighted by molar-refractivity contribution is -0.140. The molecule has 0 radical (unpaired) electrons. The van der Waals surface area contributed by atoms with Crippen LogP contribution >= 0.6 is 0 Å². The maximum Gasteiger partial charge on any atom is 0.331 e. The third-order valence-electron chi connectivity index (χ3n) is 3.29. The third-order valence-corrected chi connectivity index (χ3v) is 3.29. The topological polar surface area (TPSA) is 59.2 Å². The number of nitrogens with one attached hydrogen (secondary N) is 1. The van der Waals surface area contributed by atoms with Crippen molar-refractivity contribution in [3.8, 4) is 0 Å². The van der Waals surface area contributed by atoms with E-state index in [0.717, 1.165) is 23.0 Å². The number of aryl methyl sites for hydroxylation is 1. The summed E-state index contributed by atoms with van der Waals surface area (Å²) < 4.78 is 5.15. The van der Waals surface area contributed by atoms with Crippen molar-refractivity contribution in [3.63, 3.8) is 0 Å². The summed E-state index contributed by atoms with van der Waals surface area (Å²) in [6.45, 7) is 5.37. The second-order valence-electron chi connectivity index (χ2n) is 4.92. The number of para-hydroxylation sites is 1. The zero-order valence-electron chi connectivity index (χ0n) is 12.5. The number of esters is 1. The number of ketones is 1. The molecule has 1 aromatic carbocycles. The standard InChI is InChI=1S/C17H19NO3/c1-4-5-10-15(19)21-12(3)17(20)16-11(2)18-14-9-7-6-8-13(14)16/h5-10,12,18H,4H2,1-3H3/b10-5+/t12-/m0/s1. The molecule has 21 heavy (non-hydrogen) atoms. The quantitative estimate of drug-likeness (QED) is 0.519. The van der Waals surface area contributed by atoms with E-state index in [-0.39, 0.29) is 5.78 Å². The molecular weight excluding hydrogens is 266 g/mol. The summed E-state index contributed by atoms with van der Waals surface area (Å²) in [5, 5.41) is 0.854. The number of carbonyl (C=O) groups is 2. The number of fused-ring (bicyclic) bond motifs is 1. The Morgan fingerprint density at radius 1 is 1.33 bits per heavy atom. The summed E-state index contributed by atoms with van der Waals surface area (Å²) in [4.78, 5) is 27.3. The van der Waals surface area contributed by atoms with E-state index in [1.54, 1.807) is 13.0 Å². The average Bonchev–Trinajstić information content (AvgIpc) is 2.80. The number of ether oxygens (including phenoxy) is 1. The van der Waals surface area contributed by atoms with E-state index in [4.69, 9.17) is 4.74 Å². The van der Waals surface area contributed by atoms with Gasteiger partial charge in [0.05, 0.1) is 0 Å². The summed E-state index contributed by atoms with van der Waals surface area (Å²) in [5.41, 5.74) is 2.28. The number of H-pyrrole nitrogens is 1. The van der Waals surface area contributed by atoms with Gasteiger partial charge in [-0.25, -0.2) is 4.79 Å². The van der Waals surface area contributed by atoms with E-state index in [1.165, 1.54) is 6.08 Å². The van der Waals surface area contributed by atoms with Crippen molar-refractivity contribution in [2.24, 2.45) is 0 Å². The van der Waals surface area contributed by atoms with Crippen LogP contribution in [0.25, 0.3) is 10.9 Å². The first kappa shape index (κ1) is 15.0. The van der Waals surface area contributed by atoms with Crippen LogP contribution in [0.2, 0.25) is 0 Å². The number of allylic oxidation sites excluding steroid dienone is 1. The van der Waals surface area contributed by atoms with Gasteiger partial charge in [-0.05, 0) is 26.3 Å². The first-order chi connectivity index (χ1) is 10.0. The molecule has 1 N–H and O–H groups in total. The lowest BCUT2D eigenvalue weighted by Gasteiger charge is -2.11. The lowest BCUT2D eigenvalue weighted by Crippen LogP contribution is -2.24. The smallest absolute Gasteiger partial charge is 0.331 e. The molecule has 110 valence electrons. The van der Waals surface area contributed by atoms with Gasteiger partial charge < -0.3 is 9.72 Å². The van der Waals surface area contributed by atoms with Crippen LogP contribution in [0.15, 0.2) is 36.4 Å². The number of Topliss-reactive ketones (excluding diaryl/α,β-unsaturated/α-hetero) is 1. The maximum absolute atomic E-state index is 12.5. The van der Waals surface area contributed by atoms with Crippen molar-refractivity contribution < 1.29 is 14.3 Å². The normalized spacial score (nSPS) is 12.7. The van der Waals surface area contributed by atoms with E-state index in [1.807, 2.05) is 38.1 Å². The number of aromatic amines is 1. The number of aromatic nitrogens is 1. The minimum absolute atomic E-state index is 0.191. The maximum atomic E-state index is 12.5. The van der Waals surface area contributed by atoms with Crippen LogP contribution in [0.5, 0.6) is 0 Å². The van der Waals surface area contributed by atoms with E-state index in [0.29, 0.717) is 5.56 Å². The lowest BCUT2D eigenvalue weighted by atomic mass is 10.0. The molecule has 2 rings (SSSR count). The van der Waals surface area contributed by atoms with E-state index >= 15 is 0 Å². The molecule has 1 heterocycles. The highest BCUT2D eigenvalue weighted by atomic mass is 16.5. The van der Waals surface area contributed by atoms with Gasteiger partial charge in [0, 0.05) is 28.2 Å². The van der Waals surface area contributed by atoms with Crippen LogP contribution in [0, 0.1) is 6.92 Å². The predicted molar refractivity (Wildman–Crippen MR) is 82.4 cm³/mol. The fourth-order valence-corrected chi connectivity index (χ4v) is 2.28. The molecule has 0 saturated heterocycles. The molecule has 0 amide bonds. The Morgan fingerprint density at radius 3 is 2.76 bits per heavy atom. The van der Waals surface area contributed by atoms with E-state index < -0.39 is 12.1 Å². The van der Waals surface area contributed by atoms with Crippen LogP contribution in [-0.2, 0) is 9.53 Å². The largest absolute Gasteiger partial charge is 0.451 e. The van der Waals surface area contributed by atoms with Crippen LogP contribution < -0.4 is 0 Å². The van der Waals surface area contributed by atoms with Gasteiger partial charge in [0.25, 0.3) is 0 Å². The summed E-state index contributed by atoms with van der Waals surface area (Å²) in [5.74, 6) is -0.682. The SMILES string of the molecule is CC/C=C/C(=O)O[C@@H](C)C(=O)c1c(C)[nH]c2ccccc12. The Bertz CT molecular complexity index is 697. The highest BCUT2D eigenvalue weighted by molar-refractivity contribution is 6.11. The minimum atomic E-state index is -0.808. The van der Waals surface area contributed by atoms with E-state index in [9.17, 15) is 9.59 Å². The second kappa shape index (κ2) is 6.39. The van der Waals surface area contributed by atoms with Gasteiger partial charge in [0.2, 0.25) is 5.78 Å². The van der Waals surface area contributed by atoms with Crippen molar-refractivity contribution in [1.29, 1.82) is 0 Å². The van der Waals surface area contributed by atoms with Crippen molar-refractivity contribution in [2.75, 3.05) is 0 Å².